The average Bonchev–Trinajstić information content (AvgIpc) is 2.80. The molecule has 0 saturated carbocycles. The summed E-state index contributed by atoms with van der Waals surface area (Å²) in [7, 11) is 0. The summed E-state index contributed by atoms with van der Waals surface area (Å²) in [6.45, 7) is 7.19. The lowest BCUT2D eigenvalue weighted by Crippen LogP contribution is -2.51. The van der Waals surface area contributed by atoms with Crippen LogP contribution in [0, 0.1) is 25.2 Å². The molecule has 2 aromatic carbocycles. The highest BCUT2D eigenvalue weighted by Gasteiger charge is 2.43. The molecule has 2 heterocycles. The molecule has 0 aliphatic carbocycles. The van der Waals surface area contributed by atoms with Crippen LogP contribution < -0.4 is 0 Å². The van der Waals surface area contributed by atoms with Crippen molar-refractivity contribution in [3.63, 3.8) is 0 Å². The Morgan fingerprint density at radius 2 is 1.90 bits per heavy atom. The van der Waals surface area contributed by atoms with Gasteiger partial charge in [-0.15, -0.1) is 0 Å². The van der Waals surface area contributed by atoms with E-state index >= 15 is 0 Å². The van der Waals surface area contributed by atoms with Crippen molar-refractivity contribution in [2.45, 2.75) is 46.0 Å². The van der Waals surface area contributed by atoms with Gasteiger partial charge in [0.15, 0.2) is 0 Å². The maximum Gasteiger partial charge on any atom is 0.229 e. The van der Waals surface area contributed by atoms with Gasteiger partial charge in [0, 0.05) is 32.9 Å². The summed E-state index contributed by atoms with van der Waals surface area (Å²) >= 11 is 0. The lowest BCUT2D eigenvalue weighted by atomic mass is 9.72. The molecule has 4 nitrogen and oxygen atoms in total. The zero-order valence-electron chi connectivity index (χ0n) is 18.9. The van der Waals surface area contributed by atoms with Crippen molar-refractivity contribution in [3.8, 4) is 11.1 Å². The van der Waals surface area contributed by atoms with Gasteiger partial charge in [0.25, 0.3) is 0 Å². The summed E-state index contributed by atoms with van der Waals surface area (Å²) in [6, 6.07) is 15.1. The number of piperidine rings is 1. The molecule has 4 heteroatoms. The van der Waals surface area contributed by atoms with Crippen molar-refractivity contribution in [1.29, 1.82) is 0 Å². The highest BCUT2D eigenvalue weighted by atomic mass is 16.5. The molecule has 2 saturated heterocycles. The Balaban J connectivity index is 1.67. The van der Waals surface area contributed by atoms with E-state index in [0.717, 1.165) is 38.6 Å². The van der Waals surface area contributed by atoms with Gasteiger partial charge in [-0.25, -0.2) is 0 Å². The van der Waals surface area contributed by atoms with Gasteiger partial charge >= 0.3 is 0 Å². The first-order valence-electron chi connectivity index (χ1n) is 11.7. The second kappa shape index (κ2) is 9.54. The van der Waals surface area contributed by atoms with E-state index in [-0.39, 0.29) is 18.4 Å². The Labute approximate surface area is 186 Å². The number of aliphatic hydroxyl groups excluding tert-OH is 1. The molecule has 1 atom stereocenters. The number of hydrogen-bond acceptors (Lipinski definition) is 3. The normalized spacial score (nSPS) is 21.1. The van der Waals surface area contributed by atoms with E-state index in [0.29, 0.717) is 19.8 Å². The quantitative estimate of drug-likeness (QED) is 0.771. The Morgan fingerprint density at radius 1 is 1.13 bits per heavy atom. The van der Waals surface area contributed by atoms with Gasteiger partial charge in [-0.3, -0.25) is 4.79 Å². The molecular formula is C27H35NO3. The number of carbonyl (C=O) groups is 1. The van der Waals surface area contributed by atoms with E-state index in [1.165, 1.54) is 27.8 Å². The number of ether oxygens (including phenoxy) is 1. The highest BCUT2D eigenvalue weighted by molar-refractivity contribution is 5.84. The number of hydrogen-bond donors (Lipinski definition) is 1. The molecule has 0 bridgehead atoms. The maximum atomic E-state index is 13.9. The molecule has 1 amide bonds. The molecule has 0 radical (unpaired) electrons. The van der Waals surface area contributed by atoms with Crippen molar-refractivity contribution >= 4 is 5.91 Å². The third-order valence-electron chi connectivity index (χ3n) is 7.19. The fraction of sp³-hybridized carbons (Fsp3) is 0.519. The SMILES string of the molecule is Cc1ccc(-c2ccccc2CC2(C(=O)N3CCCC(CO)C3)CCOCC2)c(C)c1. The van der Waals surface area contributed by atoms with Crippen molar-refractivity contribution in [1.82, 2.24) is 4.90 Å². The van der Waals surface area contributed by atoms with Crippen LogP contribution in [-0.2, 0) is 16.0 Å². The van der Waals surface area contributed by atoms with Gasteiger partial charge in [0.05, 0.1) is 5.41 Å². The topological polar surface area (TPSA) is 49.8 Å². The number of likely N-dealkylation sites (tertiary alicyclic amines) is 1. The Bertz CT molecular complexity index is 916. The number of benzene rings is 2. The second-order valence-electron chi connectivity index (χ2n) is 9.49. The molecule has 31 heavy (non-hydrogen) atoms. The third kappa shape index (κ3) is 4.70. The fourth-order valence-corrected chi connectivity index (χ4v) is 5.38. The standard InChI is InChI=1S/C27H35NO3/c1-20-9-10-24(21(2)16-20)25-8-4-3-7-23(25)17-27(11-14-31-15-12-27)26(30)28-13-5-6-22(18-28)19-29/h3-4,7-10,16,22,29H,5-6,11-15,17-19H2,1-2H3. The predicted molar refractivity (Wildman–Crippen MR) is 124 cm³/mol. The summed E-state index contributed by atoms with van der Waals surface area (Å²) in [6.07, 6.45) is 4.23. The first-order valence-corrected chi connectivity index (χ1v) is 11.7. The van der Waals surface area contributed by atoms with E-state index < -0.39 is 5.41 Å². The second-order valence-corrected chi connectivity index (χ2v) is 9.49. The number of carbonyl (C=O) groups excluding carboxylic acids is 1. The van der Waals surface area contributed by atoms with Gasteiger partial charge in [-0.05, 0) is 74.1 Å². The number of rotatable bonds is 5. The summed E-state index contributed by atoms with van der Waals surface area (Å²) in [4.78, 5) is 15.9. The molecule has 4 rings (SSSR count). The van der Waals surface area contributed by atoms with E-state index in [1.54, 1.807) is 0 Å². The van der Waals surface area contributed by atoms with Crippen molar-refractivity contribution in [2.75, 3.05) is 32.9 Å². The van der Waals surface area contributed by atoms with Gasteiger partial charge in [-0.2, -0.15) is 0 Å². The van der Waals surface area contributed by atoms with Crippen LogP contribution in [0.25, 0.3) is 11.1 Å². The van der Waals surface area contributed by atoms with Crippen LogP contribution in [0.3, 0.4) is 0 Å². The number of aliphatic hydroxyl groups is 1. The monoisotopic (exact) mass is 421 g/mol. The van der Waals surface area contributed by atoms with Crippen LogP contribution in [-0.4, -0.2) is 48.8 Å². The van der Waals surface area contributed by atoms with Crippen LogP contribution in [0.2, 0.25) is 0 Å². The van der Waals surface area contributed by atoms with Crippen LogP contribution in [0.1, 0.15) is 42.4 Å². The number of nitrogens with zero attached hydrogens (tertiary/aromatic N) is 1. The minimum Gasteiger partial charge on any atom is -0.396 e. The molecule has 2 aromatic rings. The average molecular weight is 422 g/mol. The van der Waals surface area contributed by atoms with Crippen LogP contribution in [0.4, 0.5) is 0 Å². The first-order chi connectivity index (χ1) is 15.0. The van der Waals surface area contributed by atoms with Gasteiger partial charge in [-0.1, -0.05) is 48.0 Å². The smallest absolute Gasteiger partial charge is 0.229 e. The lowest BCUT2D eigenvalue weighted by molar-refractivity contribution is -0.150. The molecule has 1 unspecified atom stereocenters. The largest absolute Gasteiger partial charge is 0.396 e. The summed E-state index contributed by atoms with van der Waals surface area (Å²) in [5, 5.41) is 9.65. The van der Waals surface area contributed by atoms with E-state index in [2.05, 4.69) is 56.3 Å². The number of amides is 1. The van der Waals surface area contributed by atoms with Crippen LogP contribution >= 0.6 is 0 Å². The zero-order chi connectivity index (χ0) is 21.8. The van der Waals surface area contributed by atoms with Crippen molar-refractivity contribution < 1.29 is 14.6 Å². The molecule has 0 aromatic heterocycles. The van der Waals surface area contributed by atoms with E-state index in [4.69, 9.17) is 4.74 Å². The molecule has 166 valence electrons. The maximum absolute atomic E-state index is 13.9. The summed E-state index contributed by atoms with van der Waals surface area (Å²) in [5.74, 6) is 0.460. The van der Waals surface area contributed by atoms with E-state index in [9.17, 15) is 9.90 Å². The van der Waals surface area contributed by atoms with Crippen molar-refractivity contribution in [2.24, 2.45) is 11.3 Å². The Hall–Kier alpha value is -2.17. The minimum atomic E-state index is -0.426. The van der Waals surface area contributed by atoms with Crippen molar-refractivity contribution in [3.05, 3.63) is 59.2 Å². The Morgan fingerprint density at radius 3 is 2.65 bits per heavy atom. The van der Waals surface area contributed by atoms with E-state index in [1.807, 2.05) is 4.90 Å². The molecule has 1 N–H and O–H groups in total. The zero-order valence-corrected chi connectivity index (χ0v) is 18.9. The molecule has 2 fully saturated rings. The van der Waals surface area contributed by atoms with Crippen LogP contribution in [0.15, 0.2) is 42.5 Å². The highest BCUT2D eigenvalue weighted by Crippen LogP contribution is 2.40. The molecule has 2 aliphatic rings. The number of aryl methyl sites for hydroxylation is 2. The molecule has 2 aliphatic heterocycles. The van der Waals surface area contributed by atoms with Gasteiger partial charge < -0.3 is 14.7 Å². The summed E-state index contributed by atoms with van der Waals surface area (Å²) < 4.78 is 5.68. The molecular weight excluding hydrogens is 386 g/mol. The molecule has 0 spiro atoms. The van der Waals surface area contributed by atoms with Gasteiger partial charge in [0.2, 0.25) is 5.91 Å². The lowest BCUT2D eigenvalue weighted by Gasteiger charge is -2.42. The Kier molecular flexibility index (Phi) is 6.78. The van der Waals surface area contributed by atoms with Gasteiger partial charge in [0.1, 0.15) is 0 Å². The third-order valence-corrected chi connectivity index (χ3v) is 7.19. The fourth-order valence-electron chi connectivity index (χ4n) is 5.38. The minimum absolute atomic E-state index is 0.162. The van der Waals surface area contributed by atoms with Crippen LogP contribution in [0.5, 0.6) is 0 Å². The summed E-state index contributed by atoms with van der Waals surface area (Å²) in [5.41, 5.74) is 5.81. The predicted octanol–water partition coefficient (Wildman–Crippen LogP) is 4.54. The first kappa shape index (κ1) is 22.0.